The number of anilines is 2. The fourth-order valence-corrected chi connectivity index (χ4v) is 2.87. The molecule has 0 unspecified atom stereocenters. The van der Waals surface area contributed by atoms with Crippen LogP contribution in [0.4, 0.5) is 11.8 Å². The van der Waals surface area contributed by atoms with Crippen LogP contribution in [0.1, 0.15) is 0 Å². The molecule has 0 bridgehead atoms. The highest BCUT2D eigenvalue weighted by atomic mass is 32.2. The molecule has 0 atom stereocenters. The molecule has 0 amide bonds. The van der Waals surface area contributed by atoms with Crippen LogP contribution >= 0.6 is 0 Å². The van der Waals surface area contributed by atoms with Gasteiger partial charge in [0.05, 0.1) is 11.5 Å². The van der Waals surface area contributed by atoms with Gasteiger partial charge in [0.1, 0.15) is 5.82 Å². The van der Waals surface area contributed by atoms with Gasteiger partial charge < -0.3 is 9.80 Å². The molecule has 1 aliphatic rings. The summed E-state index contributed by atoms with van der Waals surface area (Å²) in [5.74, 6) is 1.83. The van der Waals surface area contributed by atoms with Crippen molar-refractivity contribution in [3.05, 3.63) is 12.3 Å². The Morgan fingerprint density at radius 1 is 1.29 bits per heavy atom. The maximum Gasteiger partial charge on any atom is 0.226 e. The van der Waals surface area contributed by atoms with Crippen molar-refractivity contribution in [1.82, 2.24) is 9.97 Å². The molecular weight excluding hydrogens is 240 g/mol. The summed E-state index contributed by atoms with van der Waals surface area (Å²) < 4.78 is 22.7. The Bertz CT molecular complexity index is 487. The van der Waals surface area contributed by atoms with Gasteiger partial charge in [-0.15, -0.1) is 0 Å². The van der Waals surface area contributed by atoms with E-state index in [0.29, 0.717) is 19.0 Å². The number of rotatable bonds is 2. The van der Waals surface area contributed by atoms with Gasteiger partial charge in [0.15, 0.2) is 9.84 Å². The monoisotopic (exact) mass is 256 g/mol. The van der Waals surface area contributed by atoms with E-state index in [9.17, 15) is 8.42 Å². The summed E-state index contributed by atoms with van der Waals surface area (Å²) in [6.07, 6.45) is 1.70. The summed E-state index contributed by atoms with van der Waals surface area (Å²) in [6, 6.07) is 1.81. The summed E-state index contributed by atoms with van der Waals surface area (Å²) in [5.41, 5.74) is 0. The van der Waals surface area contributed by atoms with E-state index in [4.69, 9.17) is 0 Å². The average molecular weight is 256 g/mol. The Labute approximate surface area is 101 Å². The van der Waals surface area contributed by atoms with Crippen LogP contribution in [0.3, 0.4) is 0 Å². The van der Waals surface area contributed by atoms with Crippen LogP contribution in [-0.4, -0.2) is 57.1 Å². The van der Waals surface area contributed by atoms with Gasteiger partial charge in [-0.1, -0.05) is 0 Å². The first-order valence-corrected chi connectivity index (χ1v) is 7.26. The number of sulfone groups is 1. The Hall–Kier alpha value is -1.37. The lowest BCUT2D eigenvalue weighted by Gasteiger charge is -2.28. The van der Waals surface area contributed by atoms with E-state index in [-0.39, 0.29) is 11.5 Å². The van der Waals surface area contributed by atoms with Crippen molar-refractivity contribution in [2.45, 2.75) is 0 Å². The van der Waals surface area contributed by atoms with Gasteiger partial charge in [0, 0.05) is 33.4 Å². The van der Waals surface area contributed by atoms with E-state index in [1.165, 1.54) is 0 Å². The highest BCUT2D eigenvalue weighted by Crippen LogP contribution is 2.16. The van der Waals surface area contributed by atoms with Gasteiger partial charge >= 0.3 is 0 Å². The second kappa shape index (κ2) is 4.48. The zero-order chi connectivity index (χ0) is 12.5. The zero-order valence-corrected chi connectivity index (χ0v) is 10.8. The van der Waals surface area contributed by atoms with Crippen molar-refractivity contribution in [3.63, 3.8) is 0 Å². The topological polar surface area (TPSA) is 66.4 Å². The molecule has 1 aliphatic heterocycles. The van der Waals surface area contributed by atoms with Crippen molar-refractivity contribution in [2.24, 2.45) is 0 Å². The van der Waals surface area contributed by atoms with Crippen LogP contribution in [0.2, 0.25) is 0 Å². The maximum absolute atomic E-state index is 11.3. The first kappa shape index (κ1) is 12.1. The van der Waals surface area contributed by atoms with E-state index in [1.54, 1.807) is 6.20 Å². The van der Waals surface area contributed by atoms with Gasteiger partial charge in [-0.3, -0.25) is 0 Å². The third kappa shape index (κ3) is 2.85. The normalized spacial score (nSPS) is 19.1. The molecule has 0 radical (unpaired) electrons. The second-order valence-electron chi connectivity index (χ2n) is 4.25. The average Bonchev–Trinajstić information content (AvgIpc) is 2.29. The molecule has 7 heteroatoms. The molecule has 1 aromatic rings. The van der Waals surface area contributed by atoms with Crippen LogP contribution in [0.15, 0.2) is 12.3 Å². The van der Waals surface area contributed by atoms with Gasteiger partial charge in [0.2, 0.25) is 5.95 Å². The van der Waals surface area contributed by atoms with Gasteiger partial charge in [-0.2, -0.15) is 4.98 Å². The Kier molecular flexibility index (Phi) is 3.19. The van der Waals surface area contributed by atoms with Crippen molar-refractivity contribution in [1.29, 1.82) is 0 Å². The van der Waals surface area contributed by atoms with Crippen LogP contribution < -0.4 is 9.80 Å². The minimum atomic E-state index is -2.85. The van der Waals surface area contributed by atoms with E-state index in [1.807, 2.05) is 30.0 Å². The van der Waals surface area contributed by atoms with Crippen LogP contribution in [0.5, 0.6) is 0 Å². The van der Waals surface area contributed by atoms with E-state index < -0.39 is 9.84 Å². The molecule has 1 aromatic heterocycles. The molecule has 2 heterocycles. The SMILES string of the molecule is CN(C)c1nccc(N2CCS(=O)(=O)CC2)n1. The first-order chi connectivity index (χ1) is 7.98. The van der Waals surface area contributed by atoms with Gasteiger partial charge in [-0.05, 0) is 6.07 Å². The third-order valence-electron chi connectivity index (χ3n) is 2.70. The quantitative estimate of drug-likeness (QED) is 0.728. The van der Waals surface area contributed by atoms with E-state index in [0.717, 1.165) is 5.82 Å². The van der Waals surface area contributed by atoms with Crippen LogP contribution in [0, 0.1) is 0 Å². The zero-order valence-electron chi connectivity index (χ0n) is 10.00. The molecule has 2 rings (SSSR count). The number of hydrogen-bond donors (Lipinski definition) is 0. The van der Waals surface area contributed by atoms with E-state index >= 15 is 0 Å². The molecule has 0 saturated carbocycles. The summed E-state index contributed by atoms with van der Waals surface area (Å²) in [5, 5.41) is 0. The summed E-state index contributed by atoms with van der Waals surface area (Å²) in [4.78, 5) is 12.3. The van der Waals surface area contributed by atoms with Crippen LogP contribution in [-0.2, 0) is 9.84 Å². The second-order valence-corrected chi connectivity index (χ2v) is 6.55. The fraction of sp³-hybridized carbons (Fsp3) is 0.600. The summed E-state index contributed by atoms with van der Waals surface area (Å²) in [7, 11) is 0.904. The molecule has 1 saturated heterocycles. The first-order valence-electron chi connectivity index (χ1n) is 5.44. The Morgan fingerprint density at radius 3 is 2.53 bits per heavy atom. The number of nitrogens with zero attached hydrogens (tertiary/aromatic N) is 4. The Morgan fingerprint density at radius 2 is 1.94 bits per heavy atom. The lowest BCUT2D eigenvalue weighted by atomic mass is 10.4. The smallest absolute Gasteiger partial charge is 0.226 e. The fourth-order valence-electron chi connectivity index (χ4n) is 1.67. The molecule has 0 N–H and O–H groups in total. The molecule has 17 heavy (non-hydrogen) atoms. The molecule has 1 fully saturated rings. The van der Waals surface area contributed by atoms with Gasteiger partial charge in [-0.25, -0.2) is 13.4 Å². The highest BCUT2D eigenvalue weighted by Gasteiger charge is 2.22. The van der Waals surface area contributed by atoms with Crippen molar-refractivity contribution in [2.75, 3.05) is 48.5 Å². The lowest BCUT2D eigenvalue weighted by Crippen LogP contribution is -2.40. The predicted octanol–water partition coefficient (Wildman–Crippen LogP) is -0.223. The highest BCUT2D eigenvalue weighted by molar-refractivity contribution is 7.91. The molecule has 6 nitrogen and oxygen atoms in total. The standard InChI is InChI=1S/C10H16N4O2S/c1-13(2)10-11-4-3-9(12-10)14-5-7-17(15,16)8-6-14/h3-4H,5-8H2,1-2H3. The molecule has 0 spiro atoms. The molecule has 0 aromatic carbocycles. The largest absolute Gasteiger partial charge is 0.354 e. The van der Waals surface area contributed by atoms with Crippen molar-refractivity contribution in [3.8, 4) is 0 Å². The Balaban J connectivity index is 2.16. The third-order valence-corrected chi connectivity index (χ3v) is 4.31. The number of hydrogen-bond acceptors (Lipinski definition) is 6. The van der Waals surface area contributed by atoms with Gasteiger partial charge in [0.25, 0.3) is 0 Å². The van der Waals surface area contributed by atoms with E-state index in [2.05, 4.69) is 9.97 Å². The van der Waals surface area contributed by atoms with Crippen molar-refractivity contribution < 1.29 is 8.42 Å². The molecule has 0 aliphatic carbocycles. The van der Waals surface area contributed by atoms with Crippen molar-refractivity contribution >= 4 is 21.6 Å². The minimum Gasteiger partial charge on any atom is -0.354 e. The summed E-state index contributed by atoms with van der Waals surface area (Å²) >= 11 is 0. The molecule has 94 valence electrons. The lowest BCUT2D eigenvalue weighted by molar-refractivity contribution is 0.586. The molecular formula is C10H16N4O2S. The number of aromatic nitrogens is 2. The van der Waals surface area contributed by atoms with Crippen LogP contribution in [0.25, 0.3) is 0 Å². The maximum atomic E-state index is 11.3. The minimum absolute atomic E-state index is 0.203. The predicted molar refractivity (Wildman–Crippen MR) is 67.2 cm³/mol. The summed E-state index contributed by atoms with van der Waals surface area (Å²) in [6.45, 7) is 1.01.